The Bertz CT molecular complexity index is 984. The van der Waals surface area contributed by atoms with Gasteiger partial charge in [0.05, 0.1) is 36.5 Å². The summed E-state index contributed by atoms with van der Waals surface area (Å²) in [5, 5.41) is 0.459. The molecule has 1 N–H and O–H groups in total. The molecule has 7 nitrogen and oxygen atoms in total. The number of aromatic nitrogens is 3. The first-order chi connectivity index (χ1) is 15.0. The van der Waals surface area contributed by atoms with Crippen molar-refractivity contribution in [2.75, 3.05) is 19.8 Å². The molecule has 0 saturated carbocycles. The number of nitrogens with one attached hydrogen (secondary N) is 1. The summed E-state index contributed by atoms with van der Waals surface area (Å²) in [6.45, 7) is 7.85. The fourth-order valence-electron chi connectivity index (χ4n) is 3.68. The van der Waals surface area contributed by atoms with E-state index in [1.165, 1.54) is 0 Å². The van der Waals surface area contributed by atoms with Crippen molar-refractivity contribution < 1.29 is 18.8 Å². The van der Waals surface area contributed by atoms with Crippen LogP contribution in [0.4, 0.5) is 0 Å². The molecule has 1 aliphatic rings. The Morgan fingerprint density at radius 1 is 1.19 bits per heavy atom. The maximum Gasteiger partial charge on any atom is 0.322 e. The summed E-state index contributed by atoms with van der Waals surface area (Å²) in [6.07, 6.45) is 3.37. The summed E-state index contributed by atoms with van der Waals surface area (Å²) >= 11 is -1.33. The normalized spacial score (nSPS) is 17.1. The summed E-state index contributed by atoms with van der Waals surface area (Å²) in [5.41, 5.74) is 3.31. The molecule has 2 aromatic heterocycles. The van der Waals surface area contributed by atoms with Crippen LogP contribution in [0.1, 0.15) is 37.9 Å². The van der Waals surface area contributed by atoms with Crippen LogP contribution in [0.15, 0.2) is 41.7 Å². The van der Waals surface area contributed by atoms with Crippen molar-refractivity contribution >= 4 is 51.8 Å². The Morgan fingerprint density at radius 2 is 1.91 bits per heavy atom. The predicted molar refractivity (Wildman–Crippen MR) is 125 cm³/mol. The summed E-state index contributed by atoms with van der Waals surface area (Å²) in [4.78, 5) is 12.0. The number of ether oxygens (including phenoxy) is 3. The molecule has 1 radical (unpaired) electrons. The third-order valence-corrected chi connectivity index (χ3v) is 6.99. The van der Waals surface area contributed by atoms with Gasteiger partial charge < -0.3 is 18.8 Å². The van der Waals surface area contributed by atoms with E-state index in [0.29, 0.717) is 25.0 Å². The number of benzene rings is 1. The predicted octanol–water partition coefficient (Wildman–Crippen LogP) is 3.75. The van der Waals surface area contributed by atoms with E-state index in [0.717, 1.165) is 40.9 Å². The number of imidazole rings is 1. The van der Waals surface area contributed by atoms with Gasteiger partial charge in [0, 0.05) is 58.4 Å². The Balaban J connectivity index is 0.00000289. The fourth-order valence-corrected chi connectivity index (χ4v) is 4.78. The molecule has 3 heterocycles. The molecule has 0 bridgehead atoms. The van der Waals surface area contributed by atoms with Crippen LogP contribution in [0.2, 0.25) is 0 Å². The number of para-hydroxylation sites is 2. The molecule has 0 spiro atoms. The van der Waals surface area contributed by atoms with E-state index in [1.807, 2.05) is 37.3 Å². The number of pyridine rings is 1. The molecule has 1 saturated heterocycles. The third-order valence-electron chi connectivity index (χ3n) is 5.83. The first-order valence-corrected chi connectivity index (χ1v) is 12.0. The van der Waals surface area contributed by atoms with Crippen molar-refractivity contribution in [3.05, 3.63) is 47.8 Å². The second-order valence-electron chi connectivity index (χ2n) is 7.85. The van der Waals surface area contributed by atoms with Crippen molar-refractivity contribution in [1.29, 1.82) is 0 Å². The number of hydrogen-bond acceptors (Lipinski definition) is 6. The van der Waals surface area contributed by atoms with E-state index in [9.17, 15) is 4.55 Å². The van der Waals surface area contributed by atoms with Gasteiger partial charge in [-0.2, -0.15) is 4.98 Å². The monoisotopic (exact) mass is 466 g/mol. The quantitative estimate of drug-likeness (QED) is 0.402. The first kappa shape index (κ1) is 25.5. The van der Waals surface area contributed by atoms with Gasteiger partial charge in [0.15, 0.2) is 11.5 Å². The average Bonchev–Trinajstić information content (AvgIpc) is 3.25. The molecule has 0 amide bonds. The van der Waals surface area contributed by atoms with Crippen LogP contribution in [0.5, 0.6) is 5.75 Å². The molecular weight excluding hydrogens is 437 g/mol. The van der Waals surface area contributed by atoms with E-state index in [2.05, 4.69) is 28.8 Å². The van der Waals surface area contributed by atoms with Crippen molar-refractivity contribution in [3.8, 4) is 5.75 Å². The molecule has 1 atom stereocenters. The zero-order chi connectivity index (χ0) is 21.8. The number of nitrogens with zero attached hydrogens (tertiary/aromatic N) is 2. The molecule has 9 heteroatoms. The zero-order valence-corrected chi connectivity index (χ0v) is 22.0. The van der Waals surface area contributed by atoms with Gasteiger partial charge in [-0.15, -0.1) is 0 Å². The molecule has 0 aliphatic carbocycles. The Hall–Kier alpha value is -1.13. The standard InChI is InChI=1S/C23H29N3O4S.Na/c1-4-23(5-2)29-13-17(14-30-23)12-28-21-10-11-24-20(16(21)3)15-31(27)22-25-18-8-6-7-9-19(18)26-22;/h6-11,17H,4-5,12-15H2,1-3H3,(H,25,26);. The van der Waals surface area contributed by atoms with Gasteiger partial charge >= 0.3 is 5.16 Å². The molecule has 4 rings (SSSR count). The van der Waals surface area contributed by atoms with Gasteiger partial charge in [0.1, 0.15) is 5.75 Å². The van der Waals surface area contributed by atoms with E-state index in [-0.39, 0.29) is 41.2 Å². The van der Waals surface area contributed by atoms with Gasteiger partial charge in [-0.25, -0.2) is 0 Å². The molecule has 32 heavy (non-hydrogen) atoms. The minimum Gasteiger partial charge on any atom is -0.609 e. The molecule has 1 aliphatic heterocycles. The minimum atomic E-state index is -1.33. The summed E-state index contributed by atoms with van der Waals surface area (Å²) < 4.78 is 30.9. The van der Waals surface area contributed by atoms with Crippen LogP contribution in [0.3, 0.4) is 0 Å². The van der Waals surface area contributed by atoms with Crippen molar-refractivity contribution in [2.45, 2.75) is 50.3 Å². The SMILES string of the molecule is CCC1(CC)OCC(COc2ccnc(C[S+]([O-])c3nc4ccccc4[nH]3)c2C)CO1.[Na]. The summed E-state index contributed by atoms with van der Waals surface area (Å²) in [6, 6.07) is 9.50. The number of hydrogen-bond donors (Lipinski definition) is 1. The van der Waals surface area contributed by atoms with Gasteiger partial charge in [-0.1, -0.05) is 26.0 Å². The first-order valence-electron chi connectivity index (χ1n) is 10.7. The summed E-state index contributed by atoms with van der Waals surface area (Å²) in [7, 11) is 0. The van der Waals surface area contributed by atoms with E-state index in [4.69, 9.17) is 14.2 Å². The van der Waals surface area contributed by atoms with Crippen LogP contribution >= 0.6 is 0 Å². The maximum absolute atomic E-state index is 12.9. The minimum absolute atomic E-state index is 0. The number of aromatic amines is 1. The van der Waals surface area contributed by atoms with E-state index in [1.54, 1.807) is 6.20 Å². The van der Waals surface area contributed by atoms with Crippen molar-refractivity contribution in [1.82, 2.24) is 15.0 Å². The van der Waals surface area contributed by atoms with Crippen molar-refractivity contribution in [2.24, 2.45) is 5.92 Å². The average molecular weight is 467 g/mol. The number of fused-ring (bicyclic) bond motifs is 1. The van der Waals surface area contributed by atoms with Gasteiger partial charge in [-0.3, -0.25) is 9.97 Å². The topological polar surface area (TPSA) is 92.3 Å². The molecule has 1 unspecified atom stereocenters. The van der Waals surface area contributed by atoms with E-state index < -0.39 is 17.0 Å². The van der Waals surface area contributed by atoms with Crippen LogP contribution in [0.25, 0.3) is 11.0 Å². The van der Waals surface area contributed by atoms with Crippen LogP contribution in [-0.4, -0.2) is 74.7 Å². The van der Waals surface area contributed by atoms with E-state index >= 15 is 0 Å². The molecule has 167 valence electrons. The smallest absolute Gasteiger partial charge is 0.322 e. The molecular formula is C23H29N3NaO4S. The van der Waals surface area contributed by atoms with Crippen LogP contribution in [-0.2, 0) is 26.4 Å². The molecule has 3 aromatic rings. The van der Waals surface area contributed by atoms with Crippen molar-refractivity contribution in [3.63, 3.8) is 0 Å². The largest absolute Gasteiger partial charge is 0.609 e. The number of H-pyrrole nitrogens is 1. The van der Waals surface area contributed by atoms with Gasteiger partial charge in [0.25, 0.3) is 0 Å². The Labute approximate surface area is 214 Å². The van der Waals surface area contributed by atoms with Gasteiger partial charge in [0.2, 0.25) is 0 Å². The third kappa shape index (κ3) is 5.67. The Kier molecular flexibility index (Phi) is 9.03. The molecule has 1 aromatic carbocycles. The Morgan fingerprint density at radius 3 is 2.59 bits per heavy atom. The molecule has 1 fully saturated rings. The number of rotatable bonds is 8. The maximum atomic E-state index is 12.9. The van der Waals surface area contributed by atoms with Crippen LogP contribution in [0, 0.1) is 12.8 Å². The van der Waals surface area contributed by atoms with Gasteiger partial charge in [-0.05, 0) is 38.0 Å². The van der Waals surface area contributed by atoms with Crippen LogP contribution < -0.4 is 4.74 Å². The second-order valence-corrected chi connectivity index (χ2v) is 9.21. The fraction of sp³-hybridized carbons (Fsp3) is 0.478. The summed E-state index contributed by atoms with van der Waals surface area (Å²) in [5.74, 6) is 0.742. The second kappa shape index (κ2) is 11.3. The zero-order valence-electron chi connectivity index (χ0n) is 19.2.